The first-order valence-electron chi connectivity index (χ1n) is 7.38. The Morgan fingerprint density at radius 3 is 2.67 bits per heavy atom. The predicted molar refractivity (Wildman–Crippen MR) is 89.5 cm³/mol. The van der Waals surface area contributed by atoms with Gasteiger partial charge in [0.05, 0.1) is 5.52 Å². The fraction of sp³-hybridized carbons (Fsp3) is 0.0588. The summed E-state index contributed by atoms with van der Waals surface area (Å²) in [7, 11) is 0. The lowest BCUT2D eigenvalue weighted by Gasteiger charge is -2.10. The van der Waals surface area contributed by atoms with Crippen molar-refractivity contribution in [1.82, 2.24) is 25.1 Å². The van der Waals surface area contributed by atoms with Crippen LogP contribution in [0.25, 0.3) is 22.3 Å². The molecule has 2 aromatic carbocycles. The van der Waals surface area contributed by atoms with E-state index in [0.717, 1.165) is 10.9 Å². The molecular formula is C17H13FN6. The van der Waals surface area contributed by atoms with Crippen molar-refractivity contribution < 1.29 is 4.39 Å². The summed E-state index contributed by atoms with van der Waals surface area (Å²) in [6, 6.07) is 14.8. The molecule has 0 amide bonds. The van der Waals surface area contributed by atoms with Gasteiger partial charge >= 0.3 is 0 Å². The minimum absolute atomic E-state index is 0.462. The molecule has 0 saturated carbocycles. The third-order valence-corrected chi connectivity index (χ3v) is 3.66. The van der Waals surface area contributed by atoms with Gasteiger partial charge in [0.15, 0.2) is 5.82 Å². The molecule has 0 spiro atoms. The van der Waals surface area contributed by atoms with Gasteiger partial charge in [-0.25, -0.2) is 19.5 Å². The molecule has 2 N–H and O–H groups in total. The Hall–Kier alpha value is -3.35. The minimum atomic E-state index is -0.572. The standard InChI is InChI=1S/C17H13FN6/c18-9-11-5-1-2-6-12(11)15-21-14-8-4-3-7-13(14)16(22-15)23-17-19-10-20-24-17/h1-8,10H,9H2,(H2,19,20,21,22,23,24). The summed E-state index contributed by atoms with van der Waals surface area (Å²) in [5.74, 6) is 1.52. The SMILES string of the molecule is FCc1ccccc1-c1nc(Nc2ncn[nH]2)c2ccccc2n1. The van der Waals surface area contributed by atoms with E-state index in [1.807, 2.05) is 36.4 Å². The Kier molecular flexibility index (Phi) is 3.59. The van der Waals surface area contributed by atoms with Crippen LogP contribution in [-0.2, 0) is 6.67 Å². The van der Waals surface area contributed by atoms with Crippen LogP contribution in [0.5, 0.6) is 0 Å². The minimum Gasteiger partial charge on any atom is -0.309 e. The highest BCUT2D eigenvalue weighted by atomic mass is 19.1. The highest BCUT2D eigenvalue weighted by Crippen LogP contribution is 2.28. The van der Waals surface area contributed by atoms with Gasteiger partial charge in [-0.05, 0) is 17.7 Å². The van der Waals surface area contributed by atoms with Crippen LogP contribution in [0.1, 0.15) is 5.56 Å². The van der Waals surface area contributed by atoms with Crippen molar-refractivity contribution in [1.29, 1.82) is 0 Å². The molecule has 4 rings (SSSR count). The van der Waals surface area contributed by atoms with E-state index in [4.69, 9.17) is 0 Å². The van der Waals surface area contributed by atoms with Gasteiger partial charge in [-0.1, -0.05) is 36.4 Å². The molecule has 0 atom stereocenters. The number of aromatic amines is 1. The summed E-state index contributed by atoms with van der Waals surface area (Å²) in [4.78, 5) is 13.2. The molecular weight excluding hydrogens is 307 g/mol. The van der Waals surface area contributed by atoms with Gasteiger partial charge in [-0.2, -0.15) is 10.1 Å². The largest absolute Gasteiger partial charge is 0.309 e. The van der Waals surface area contributed by atoms with E-state index in [-0.39, 0.29) is 0 Å². The second kappa shape index (κ2) is 6.04. The van der Waals surface area contributed by atoms with Crippen LogP contribution in [-0.4, -0.2) is 25.1 Å². The zero-order valence-electron chi connectivity index (χ0n) is 12.6. The second-order valence-corrected chi connectivity index (χ2v) is 5.16. The number of halogens is 1. The summed E-state index contributed by atoms with van der Waals surface area (Å²) in [5.41, 5.74) is 1.99. The summed E-state index contributed by atoms with van der Waals surface area (Å²) in [5, 5.41) is 10.5. The summed E-state index contributed by atoms with van der Waals surface area (Å²) in [6.07, 6.45) is 1.41. The lowest BCUT2D eigenvalue weighted by molar-refractivity contribution is 0.486. The molecule has 0 aliphatic heterocycles. The van der Waals surface area contributed by atoms with Crippen LogP contribution in [0, 0.1) is 0 Å². The smallest absolute Gasteiger partial charge is 0.224 e. The third kappa shape index (κ3) is 2.56. The van der Waals surface area contributed by atoms with Gasteiger partial charge < -0.3 is 5.32 Å². The van der Waals surface area contributed by atoms with E-state index in [9.17, 15) is 4.39 Å². The summed E-state index contributed by atoms with van der Waals surface area (Å²) >= 11 is 0. The molecule has 7 heteroatoms. The van der Waals surface area contributed by atoms with E-state index >= 15 is 0 Å². The number of hydrogen-bond acceptors (Lipinski definition) is 5. The van der Waals surface area contributed by atoms with Crippen molar-refractivity contribution >= 4 is 22.7 Å². The fourth-order valence-corrected chi connectivity index (χ4v) is 2.53. The molecule has 6 nitrogen and oxygen atoms in total. The average Bonchev–Trinajstić information content (AvgIpc) is 3.14. The molecule has 0 aliphatic rings. The van der Waals surface area contributed by atoms with Gasteiger partial charge in [-0.15, -0.1) is 0 Å². The molecule has 0 fully saturated rings. The lowest BCUT2D eigenvalue weighted by atomic mass is 10.1. The zero-order valence-corrected chi connectivity index (χ0v) is 12.6. The quantitative estimate of drug-likeness (QED) is 0.600. The van der Waals surface area contributed by atoms with Gasteiger partial charge in [0.2, 0.25) is 5.95 Å². The van der Waals surface area contributed by atoms with Gasteiger partial charge in [0.25, 0.3) is 0 Å². The number of nitrogens with zero attached hydrogens (tertiary/aromatic N) is 4. The number of H-pyrrole nitrogens is 1. The van der Waals surface area contributed by atoms with Crippen LogP contribution < -0.4 is 5.32 Å². The average molecular weight is 320 g/mol. The van der Waals surface area contributed by atoms with Crippen molar-refractivity contribution in [3.63, 3.8) is 0 Å². The van der Waals surface area contributed by atoms with Crippen LogP contribution >= 0.6 is 0 Å². The molecule has 2 heterocycles. The Morgan fingerprint density at radius 2 is 1.83 bits per heavy atom. The molecule has 0 unspecified atom stereocenters. The van der Waals surface area contributed by atoms with Crippen LogP contribution in [0.4, 0.5) is 16.2 Å². The lowest BCUT2D eigenvalue weighted by Crippen LogP contribution is -2.01. The monoisotopic (exact) mass is 320 g/mol. The number of fused-ring (bicyclic) bond motifs is 1. The van der Waals surface area contributed by atoms with E-state index in [0.29, 0.717) is 28.7 Å². The predicted octanol–water partition coefficient (Wildman–Crippen LogP) is 3.63. The maximum absolute atomic E-state index is 13.3. The first kappa shape index (κ1) is 14.3. The number of anilines is 2. The van der Waals surface area contributed by atoms with Crippen molar-refractivity contribution in [3.8, 4) is 11.4 Å². The topological polar surface area (TPSA) is 79.4 Å². The third-order valence-electron chi connectivity index (χ3n) is 3.66. The molecule has 0 saturated heterocycles. The van der Waals surface area contributed by atoms with Crippen LogP contribution in [0.2, 0.25) is 0 Å². The first-order valence-corrected chi connectivity index (χ1v) is 7.38. The number of para-hydroxylation sites is 1. The molecule has 0 radical (unpaired) electrons. The van der Waals surface area contributed by atoms with Gasteiger partial charge in [0, 0.05) is 10.9 Å². The van der Waals surface area contributed by atoms with Gasteiger partial charge in [-0.3, -0.25) is 0 Å². The maximum atomic E-state index is 13.3. The molecule has 2 aromatic heterocycles. The first-order chi connectivity index (χ1) is 11.8. The summed E-state index contributed by atoms with van der Waals surface area (Å²) < 4.78 is 13.3. The van der Waals surface area contributed by atoms with E-state index in [1.165, 1.54) is 6.33 Å². The number of hydrogen-bond donors (Lipinski definition) is 2. The van der Waals surface area contributed by atoms with Crippen molar-refractivity contribution in [2.24, 2.45) is 0 Å². The Bertz CT molecular complexity index is 983. The Labute approximate surface area is 136 Å². The van der Waals surface area contributed by atoms with Crippen molar-refractivity contribution in [3.05, 3.63) is 60.4 Å². The fourth-order valence-electron chi connectivity index (χ4n) is 2.53. The molecule has 4 aromatic rings. The molecule has 118 valence electrons. The normalized spacial score (nSPS) is 10.9. The van der Waals surface area contributed by atoms with Crippen molar-refractivity contribution in [2.75, 3.05) is 5.32 Å². The number of nitrogens with one attached hydrogen (secondary N) is 2. The summed E-state index contributed by atoms with van der Waals surface area (Å²) in [6.45, 7) is -0.572. The number of aromatic nitrogens is 5. The van der Waals surface area contributed by atoms with E-state index in [2.05, 4.69) is 30.5 Å². The molecule has 0 bridgehead atoms. The second-order valence-electron chi connectivity index (χ2n) is 5.16. The number of alkyl halides is 1. The van der Waals surface area contributed by atoms with Crippen LogP contribution in [0.15, 0.2) is 54.9 Å². The molecule has 0 aliphatic carbocycles. The van der Waals surface area contributed by atoms with Gasteiger partial charge in [0.1, 0.15) is 18.8 Å². The zero-order chi connectivity index (χ0) is 16.4. The highest BCUT2D eigenvalue weighted by molar-refractivity contribution is 5.91. The highest BCUT2D eigenvalue weighted by Gasteiger charge is 2.13. The van der Waals surface area contributed by atoms with E-state index < -0.39 is 6.67 Å². The number of benzene rings is 2. The van der Waals surface area contributed by atoms with Crippen molar-refractivity contribution in [2.45, 2.75) is 6.67 Å². The number of rotatable bonds is 4. The Morgan fingerprint density at radius 1 is 1.00 bits per heavy atom. The van der Waals surface area contributed by atoms with E-state index in [1.54, 1.807) is 12.1 Å². The maximum Gasteiger partial charge on any atom is 0.224 e. The molecule has 24 heavy (non-hydrogen) atoms. The Balaban J connectivity index is 1.91. The van der Waals surface area contributed by atoms with Crippen LogP contribution in [0.3, 0.4) is 0 Å².